The van der Waals surface area contributed by atoms with Gasteiger partial charge < -0.3 is 5.11 Å². The van der Waals surface area contributed by atoms with Crippen LogP contribution >= 0.6 is 11.6 Å². The van der Waals surface area contributed by atoms with Crippen molar-refractivity contribution in [3.8, 4) is 6.07 Å². The van der Waals surface area contributed by atoms with Crippen molar-refractivity contribution in [1.82, 2.24) is 14.8 Å². The highest BCUT2D eigenvalue weighted by molar-refractivity contribution is 6.31. The van der Waals surface area contributed by atoms with E-state index in [1.54, 1.807) is 17.1 Å². The molecular formula is C15H15ClN4O. The third-order valence-electron chi connectivity index (χ3n) is 4.19. The molecule has 1 aromatic heterocycles. The minimum atomic E-state index is -1.21. The molecule has 1 saturated carbocycles. The summed E-state index contributed by atoms with van der Waals surface area (Å²) in [6.45, 7) is 0.228. The summed E-state index contributed by atoms with van der Waals surface area (Å²) in [5, 5.41) is 25.3. The quantitative estimate of drug-likeness (QED) is 0.919. The molecule has 0 spiro atoms. The van der Waals surface area contributed by atoms with Crippen LogP contribution in [-0.2, 0) is 13.0 Å². The molecule has 1 heterocycles. The monoisotopic (exact) mass is 302 g/mol. The van der Waals surface area contributed by atoms with Crippen LogP contribution in [0.1, 0.15) is 18.4 Å². The van der Waals surface area contributed by atoms with E-state index in [0.29, 0.717) is 24.3 Å². The van der Waals surface area contributed by atoms with E-state index in [1.807, 2.05) is 18.2 Å². The van der Waals surface area contributed by atoms with Crippen molar-refractivity contribution in [1.29, 1.82) is 5.26 Å². The van der Waals surface area contributed by atoms with Gasteiger partial charge >= 0.3 is 0 Å². The van der Waals surface area contributed by atoms with Gasteiger partial charge in [-0.15, -0.1) is 0 Å². The lowest BCUT2D eigenvalue weighted by Gasteiger charge is -2.33. The van der Waals surface area contributed by atoms with Crippen LogP contribution in [0.5, 0.6) is 0 Å². The second-order valence-electron chi connectivity index (χ2n) is 5.59. The first-order chi connectivity index (χ1) is 10.1. The molecule has 1 aliphatic rings. The summed E-state index contributed by atoms with van der Waals surface area (Å²) >= 11 is 6.20. The fraction of sp³-hybridized carbons (Fsp3) is 0.400. The smallest absolute Gasteiger partial charge is 0.137 e. The van der Waals surface area contributed by atoms with Gasteiger partial charge in [-0.05, 0) is 24.5 Å². The molecule has 6 heteroatoms. The Morgan fingerprint density at radius 3 is 2.76 bits per heavy atom. The number of nitrogens with zero attached hydrogens (tertiary/aromatic N) is 4. The molecular weight excluding hydrogens is 288 g/mol. The second-order valence-corrected chi connectivity index (χ2v) is 5.99. The number of rotatable bonds is 5. The highest BCUT2D eigenvalue weighted by Gasteiger charge is 2.59. The van der Waals surface area contributed by atoms with Crippen LogP contribution in [-0.4, -0.2) is 25.5 Å². The molecule has 0 radical (unpaired) electrons. The summed E-state index contributed by atoms with van der Waals surface area (Å²) in [5.74, 6) is 0. The first kappa shape index (κ1) is 14.1. The van der Waals surface area contributed by atoms with E-state index in [2.05, 4.69) is 16.2 Å². The van der Waals surface area contributed by atoms with E-state index in [-0.39, 0.29) is 6.54 Å². The maximum Gasteiger partial charge on any atom is 0.137 e. The molecule has 0 saturated heterocycles. The Morgan fingerprint density at radius 2 is 2.19 bits per heavy atom. The molecule has 108 valence electrons. The van der Waals surface area contributed by atoms with Crippen LogP contribution in [0, 0.1) is 16.7 Å². The molecule has 1 aliphatic carbocycles. The van der Waals surface area contributed by atoms with Gasteiger partial charge in [-0.3, -0.25) is 4.68 Å². The number of nitriles is 1. The predicted molar refractivity (Wildman–Crippen MR) is 77.4 cm³/mol. The van der Waals surface area contributed by atoms with E-state index in [0.717, 1.165) is 5.56 Å². The first-order valence-corrected chi connectivity index (χ1v) is 7.16. The van der Waals surface area contributed by atoms with Crippen LogP contribution in [0.3, 0.4) is 0 Å². The zero-order valence-electron chi connectivity index (χ0n) is 11.4. The Balaban J connectivity index is 1.93. The van der Waals surface area contributed by atoms with Gasteiger partial charge in [0.05, 0.1) is 18.0 Å². The summed E-state index contributed by atoms with van der Waals surface area (Å²) in [7, 11) is 0. The standard InChI is InChI=1S/C15H15ClN4O/c16-13-4-2-1-3-12(13)7-15(21,14(8-17)5-6-14)9-20-11-18-10-19-20/h1-4,10-11,21H,5-7,9H2. The maximum absolute atomic E-state index is 11.2. The molecule has 1 atom stereocenters. The van der Waals surface area contributed by atoms with Gasteiger partial charge in [-0.2, -0.15) is 10.4 Å². The van der Waals surface area contributed by atoms with Crippen LogP contribution in [0.4, 0.5) is 0 Å². The third kappa shape index (κ3) is 2.53. The van der Waals surface area contributed by atoms with Gasteiger partial charge in [-0.1, -0.05) is 29.8 Å². The second kappa shape index (κ2) is 5.14. The molecule has 2 aromatic rings. The number of aliphatic hydroxyl groups is 1. The van der Waals surface area contributed by atoms with E-state index in [4.69, 9.17) is 11.6 Å². The van der Waals surface area contributed by atoms with Crippen LogP contribution in [0.25, 0.3) is 0 Å². The molecule has 5 nitrogen and oxygen atoms in total. The Labute approximate surface area is 127 Å². The van der Waals surface area contributed by atoms with Crippen molar-refractivity contribution in [2.24, 2.45) is 5.41 Å². The van der Waals surface area contributed by atoms with Gasteiger partial charge in [0.15, 0.2) is 0 Å². The Morgan fingerprint density at radius 1 is 1.43 bits per heavy atom. The number of halogens is 1. The zero-order valence-corrected chi connectivity index (χ0v) is 12.2. The molecule has 1 N–H and O–H groups in total. The molecule has 1 aromatic carbocycles. The molecule has 1 fully saturated rings. The maximum atomic E-state index is 11.2. The molecule has 0 bridgehead atoms. The largest absolute Gasteiger partial charge is 0.386 e. The molecule has 0 aliphatic heterocycles. The van der Waals surface area contributed by atoms with Crippen molar-refractivity contribution >= 4 is 11.6 Å². The van der Waals surface area contributed by atoms with Crippen molar-refractivity contribution in [3.05, 3.63) is 47.5 Å². The third-order valence-corrected chi connectivity index (χ3v) is 4.55. The van der Waals surface area contributed by atoms with Crippen LogP contribution in [0.15, 0.2) is 36.9 Å². The van der Waals surface area contributed by atoms with E-state index < -0.39 is 11.0 Å². The molecule has 3 rings (SSSR count). The van der Waals surface area contributed by atoms with E-state index in [1.165, 1.54) is 6.33 Å². The predicted octanol–water partition coefficient (Wildman–Crippen LogP) is 2.21. The minimum Gasteiger partial charge on any atom is -0.386 e. The van der Waals surface area contributed by atoms with Gasteiger partial charge in [0.1, 0.15) is 18.3 Å². The SMILES string of the molecule is N#CC1(C(O)(Cc2ccccc2Cl)Cn2cncn2)CC1. The first-order valence-electron chi connectivity index (χ1n) is 6.78. The average molecular weight is 303 g/mol. The molecule has 1 unspecified atom stereocenters. The summed E-state index contributed by atoms with van der Waals surface area (Å²) in [4.78, 5) is 3.89. The van der Waals surface area contributed by atoms with Gasteiger partial charge in [0.2, 0.25) is 0 Å². The van der Waals surface area contributed by atoms with Gasteiger partial charge in [0, 0.05) is 11.4 Å². The molecule has 21 heavy (non-hydrogen) atoms. The lowest BCUT2D eigenvalue weighted by atomic mass is 9.80. The van der Waals surface area contributed by atoms with Gasteiger partial charge in [-0.25, -0.2) is 4.98 Å². The number of hydrogen-bond acceptors (Lipinski definition) is 4. The van der Waals surface area contributed by atoms with Crippen molar-refractivity contribution in [2.75, 3.05) is 0 Å². The van der Waals surface area contributed by atoms with Crippen molar-refractivity contribution in [2.45, 2.75) is 31.4 Å². The fourth-order valence-corrected chi connectivity index (χ4v) is 2.92. The van der Waals surface area contributed by atoms with E-state index >= 15 is 0 Å². The minimum absolute atomic E-state index is 0.228. The summed E-state index contributed by atoms with van der Waals surface area (Å²) in [6, 6.07) is 9.68. The fourth-order valence-electron chi connectivity index (χ4n) is 2.72. The van der Waals surface area contributed by atoms with E-state index in [9.17, 15) is 10.4 Å². The number of benzene rings is 1. The molecule has 0 amide bonds. The normalized spacial score (nSPS) is 18.7. The Hall–Kier alpha value is -1.90. The van der Waals surface area contributed by atoms with Crippen LogP contribution < -0.4 is 0 Å². The van der Waals surface area contributed by atoms with Gasteiger partial charge in [0.25, 0.3) is 0 Å². The lowest BCUT2D eigenvalue weighted by Crippen LogP contribution is -2.45. The topological polar surface area (TPSA) is 74.7 Å². The summed E-state index contributed by atoms with van der Waals surface area (Å²) < 4.78 is 1.56. The van der Waals surface area contributed by atoms with Crippen LogP contribution in [0.2, 0.25) is 5.02 Å². The number of hydrogen-bond donors (Lipinski definition) is 1. The lowest BCUT2D eigenvalue weighted by molar-refractivity contribution is -0.0280. The summed E-state index contributed by atoms with van der Waals surface area (Å²) in [5.41, 5.74) is -1.10. The Bertz CT molecular complexity index is 675. The van der Waals surface area contributed by atoms with Crippen molar-refractivity contribution in [3.63, 3.8) is 0 Å². The highest BCUT2D eigenvalue weighted by atomic mass is 35.5. The average Bonchev–Trinajstić information content (AvgIpc) is 3.14. The summed E-state index contributed by atoms with van der Waals surface area (Å²) in [6.07, 6.45) is 4.67. The van der Waals surface area contributed by atoms with Crippen molar-refractivity contribution < 1.29 is 5.11 Å². The zero-order chi connectivity index (χ0) is 14.9. The highest BCUT2D eigenvalue weighted by Crippen LogP contribution is 2.55. The number of aromatic nitrogens is 3. The Kier molecular flexibility index (Phi) is 3.44.